The number of sulfonamides is 1. The second-order valence-corrected chi connectivity index (χ2v) is 8.73. The van der Waals surface area contributed by atoms with Crippen LogP contribution < -0.4 is 4.72 Å². The van der Waals surface area contributed by atoms with E-state index in [1.807, 2.05) is 4.72 Å². The number of aliphatic carboxylic acids is 2. The van der Waals surface area contributed by atoms with E-state index >= 15 is 0 Å². The number of hydrogen-bond acceptors (Lipinski definition) is 5. The molecule has 0 unspecified atom stereocenters. The van der Waals surface area contributed by atoms with Crippen molar-refractivity contribution in [1.29, 1.82) is 0 Å². The van der Waals surface area contributed by atoms with Gasteiger partial charge in [-0.05, 0) is 37.9 Å². The number of carbonyl (C=O) groups is 2. The molecule has 0 saturated carbocycles. The Bertz CT molecular complexity index is 611. The standard InChI is InChI=1S/C8H7Br2NO6S2/c9-5-2-4(7(10)18-5)19(16,17)11-3(8(14)15)1-6(12)13/h2-3,11H,1H2,(H,12,13)(H,14,15)/t3-/m0/s1. The van der Waals surface area contributed by atoms with Crippen LogP contribution in [0, 0.1) is 0 Å². The van der Waals surface area contributed by atoms with Gasteiger partial charge in [-0.2, -0.15) is 4.72 Å². The molecule has 1 aromatic rings. The van der Waals surface area contributed by atoms with Crippen molar-refractivity contribution in [2.45, 2.75) is 17.4 Å². The van der Waals surface area contributed by atoms with E-state index in [-0.39, 0.29) is 8.68 Å². The van der Waals surface area contributed by atoms with Crippen LogP contribution in [-0.2, 0) is 19.6 Å². The summed E-state index contributed by atoms with van der Waals surface area (Å²) in [4.78, 5) is 21.2. The minimum atomic E-state index is -4.12. The largest absolute Gasteiger partial charge is 0.481 e. The van der Waals surface area contributed by atoms with Gasteiger partial charge in [0.2, 0.25) is 10.0 Å². The molecule has 0 aliphatic carbocycles. The molecule has 0 aliphatic rings. The van der Waals surface area contributed by atoms with Gasteiger partial charge in [-0.15, -0.1) is 11.3 Å². The Morgan fingerprint density at radius 1 is 1.37 bits per heavy atom. The molecule has 1 atom stereocenters. The Kier molecular flexibility index (Phi) is 5.50. The number of carboxylic acid groups (broad SMARTS) is 2. The van der Waals surface area contributed by atoms with Gasteiger partial charge in [-0.1, -0.05) is 0 Å². The average Bonchev–Trinajstić information content (AvgIpc) is 2.56. The van der Waals surface area contributed by atoms with Crippen molar-refractivity contribution in [2.75, 3.05) is 0 Å². The summed E-state index contributed by atoms with van der Waals surface area (Å²) < 4.78 is 26.6. The van der Waals surface area contributed by atoms with E-state index in [1.54, 1.807) is 0 Å². The van der Waals surface area contributed by atoms with Gasteiger partial charge in [0.25, 0.3) is 0 Å². The highest BCUT2D eigenvalue weighted by Crippen LogP contribution is 2.34. The zero-order chi connectivity index (χ0) is 14.8. The summed E-state index contributed by atoms with van der Waals surface area (Å²) in [5.74, 6) is -2.97. The smallest absolute Gasteiger partial charge is 0.322 e. The molecule has 0 fully saturated rings. The minimum absolute atomic E-state index is 0.152. The zero-order valence-electron chi connectivity index (χ0n) is 8.96. The van der Waals surface area contributed by atoms with Crippen LogP contribution in [0.15, 0.2) is 18.5 Å². The van der Waals surface area contributed by atoms with E-state index in [2.05, 4.69) is 31.9 Å². The van der Waals surface area contributed by atoms with Gasteiger partial charge in [0.05, 0.1) is 14.0 Å². The van der Waals surface area contributed by atoms with E-state index < -0.39 is 34.4 Å². The molecule has 3 N–H and O–H groups in total. The number of halogens is 2. The van der Waals surface area contributed by atoms with Crippen LogP contribution in [0.3, 0.4) is 0 Å². The Balaban J connectivity index is 3.04. The summed E-state index contributed by atoms with van der Waals surface area (Å²) in [7, 11) is -4.12. The van der Waals surface area contributed by atoms with Crippen molar-refractivity contribution in [2.24, 2.45) is 0 Å². The zero-order valence-corrected chi connectivity index (χ0v) is 13.8. The third kappa shape index (κ3) is 4.53. The fourth-order valence-electron chi connectivity index (χ4n) is 1.11. The maximum atomic E-state index is 12.0. The first-order chi connectivity index (χ1) is 8.63. The average molecular weight is 437 g/mol. The van der Waals surface area contributed by atoms with Gasteiger partial charge in [-0.3, -0.25) is 9.59 Å². The number of hydrogen-bond donors (Lipinski definition) is 3. The van der Waals surface area contributed by atoms with Gasteiger partial charge in [0.15, 0.2) is 0 Å². The highest BCUT2D eigenvalue weighted by molar-refractivity contribution is 9.12. The van der Waals surface area contributed by atoms with Crippen LogP contribution in [-0.4, -0.2) is 36.6 Å². The summed E-state index contributed by atoms with van der Waals surface area (Å²) >= 11 is 7.23. The number of thiophene rings is 1. The molecule has 11 heteroatoms. The normalized spacial score (nSPS) is 13.2. The van der Waals surface area contributed by atoms with Gasteiger partial charge < -0.3 is 10.2 Å². The van der Waals surface area contributed by atoms with Gasteiger partial charge >= 0.3 is 11.9 Å². The van der Waals surface area contributed by atoms with E-state index in [9.17, 15) is 18.0 Å². The summed E-state index contributed by atoms with van der Waals surface area (Å²) in [6, 6.07) is -0.440. The van der Waals surface area contributed by atoms with Crippen molar-refractivity contribution >= 4 is 65.2 Å². The second kappa shape index (κ2) is 6.31. The summed E-state index contributed by atoms with van der Waals surface area (Å²) in [5.41, 5.74) is 0. The third-order valence-electron chi connectivity index (χ3n) is 1.89. The maximum Gasteiger partial charge on any atom is 0.322 e. The molecule has 0 saturated heterocycles. The van der Waals surface area contributed by atoms with Crippen molar-refractivity contribution in [3.8, 4) is 0 Å². The van der Waals surface area contributed by atoms with Crippen LogP contribution in [0.4, 0.5) is 0 Å². The van der Waals surface area contributed by atoms with Gasteiger partial charge in [0, 0.05) is 0 Å². The van der Waals surface area contributed by atoms with Crippen LogP contribution in [0.1, 0.15) is 6.42 Å². The molecule has 106 valence electrons. The number of carboxylic acids is 2. The van der Waals surface area contributed by atoms with E-state index in [0.29, 0.717) is 3.79 Å². The molecule has 19 heavy (non-hydrogen) atoms. The molecule has 1 heterocycles. The summed E-state index contributed by atoms with van der Waals surface area (Å²) in [6.07, 6.45) is -0.850. The first kappa shape index (κ1) is 16.6. The van der Waals surface area contributed by atoms with E-state index in [1.165, 1.54) is 6.07 Å². The van der Waals surface area contributed by atoms with E-state index in [0.717, 1.165) is 11.3 Å². The highest BCUT2D eigenvalue weighted by Gasteiger charge is 2.29. The molecular formula is C8H7Br2NO6S2. The molecule has 0 bridgehead atoms. The lowest BCUT2D eigenvalue weighted by atomic mass is 10.2. The Hall–Kier alpha value is -0.490. The summed E-state index contributed by atoms with van der Waals surface area (Å²) in [6.45, 7) is 0. The number of rotatable bonds is 6. The molecule has 0 radical (unpaired) electrons. The van der Waals surface area contributed by atoms with E-state index in [4.69, 9.17) is 10.2 Å². The van der Waals surface area contributed by atoms with Crippen LogP contribution in [0.5, 0.6) is 0 Å². The molecule has 1 aromatic heterocycles. The monoisotopic (exact) mass is 435 g/mol. The van der Waals surface area contributed by atoms with Gasteiger partial charge in [-0.25, -0.2) is 8.42 Å². The fourth-order valence-corrected chi connectivity index (χ4v) is 6.11. The molecule has 0 spiro atoms. The lowest BCUT2D eigenvalue weighted by Crippen LogP contribution is -2.42. The van der Waals surface area contributed by atoms with Crippen LogP contribution >= 0.6 is 43.2 Å². The lowest BCUT2D eigenvalue weighted by molar-refractivity contribution is -0.145. The molecule has 7 nitrogen and oxygen atoms in total. The maximum absolute atomic E-state index is 12.0. The quantitative estimate of drug-likeness (QED) is 0.620. The minimum Gasteiger partial charge on any atom is -0.481 e. The first-order valence-corrected chi connectivity index (χ1v) is 8.44. The first-order valence-electron chi connectivity index (χ1n) is 4.55. The molecule has 1 rings (SSSR count). The Labute approximate surface area is 128 Å². The van der Waals surface area contributed by atoms with Crippen LogP contribution in [0.25, 0.3) is 0 Å². The van der Waals surface area contributed by atoms with Gasteiger partial charge in [0.1, 0.15) is 10.9 Å². The van der Waals surface area contributed by atoms with Crippen molar-refractivity contribution < 1.29 is 28.2 Å². The van der Waals surface area contributed by atoms with Crippen molar-refractivity contribution in [1.82, 2.24) is 4.72 Å². The molecule has 0 amide bonds. The predicted octanol–water partition coefficient (Wildman–Crippen LogP) is 1.48. The predicted molar refractivity (Wildman–Crippen MR) is 73.7 cm³/mol. The SMILES string of the molecule is O=C(O)C[C@H](NS(=O)(=O)c1cc(Br)sc1Br)C(=O)O. The van der Waals surface area contributed by atoms with Crippen LogP contribution in [0.2, 0.25) is 0 Å². The Morgan fingerprint density at radius 3 is 2.32 bits per heavy atom. The molecular weight excluding hydrogens is 430 g/mol. The summed E-state index contributed by atoms with van der Waals surface area (Å²) in [5, 5.41) is 17.3. The molecule has 0 aromatic carbocycles. The highest BCUT2D eigenvalue weighted by atomic mass is 79.9. The second-order valence-electron chi connectivity index (χ2n) is 3.30. The number of nitrogens with one attached hydrogen (secondary N) is 1. The Morgan fingerprint density at radius 2 is 1.95 bits per heavy atom. The molecule has 0 aliphatic heterocycles. The lowest BCUT2D eigenvalue weighted by Gasteiger charge is -2.12. The third-order valence-corrected chi connectivity index (χ3v) is 6.12. The fraction of sp³-hybridized carbons (Fsp3) is 0.250. The topological polar surface area (TPSA) is 121 Å². The van der Waals surface area contributed by atoms with Crippen molar-refractivity contribution in [3.05, 3.63) is 13.6 Å². The van der Waals surface area contributed by atoms with Crippen molar-refractivity contribution in [3.63, 3.8) is 0 Å².